The zero-order chi connectivity index (χ0) is 11.7. The summed E-state index contributed by atoms with van der Waals surface area (Å²) in [5.41, 5.74) is 1.49. The third-order valence-electron chi connectivity index (χ3n) is 3.87. The lowest BCUT2D eigenvalue weighted by Gasteiger charge is -2.11. The molecule has 0 N–H and O–H groups in total. The highest BCUT2D eigenvalue weighted by Crippen LogP contribution is 2.33. The minimum absolute atomic E-state index is 0.412. The Bertz CT molecular complexity index is 512. The van der Waals surface area contributed by atoms with Crippen LogP contribution in [0.5, 0.6) is 0 Å². The molecule has 0 aromatic heterocycles. The number of hydrogen-bond donors (Lipinski definition) is 0. The first-order valence-corrected chi connectivity index (χ1v) is 6.87. The number of fused-ring (bicyclic) bond motifs is 1. The van der Waals surface area contributed by atoms with Gasteiger partial charge in [0, 0.05) is 5.38 Å². The van der Waals surface area contributed by atoms with Crippen LogP contribution < -0.4 is 0 Å². The van der Waals surface area contributed by atoms with Crippen LogP contribution in [0.2, 0.25) is 0 Å². The van der Waals surface area contributed by atoms with Crippen LogP contribution in [0, 0.1) is 5.92 Å². The molecule has 2 unspecified atom stereocenters. The number of alkyl halides is 1. The molecular weight excluding hydrogens is 228 g/mol. The van der Waals surface area contributed by atoms with E-state index in [1.807, 2.05) is 0 Å². The smallest absolute Gasteiger partial charge is 0.0338 e. The van der Waals surface area contributed by atoms with E-state index >= 15 is 0 Å². The lowest BCUT2D eigenvalue weighted by molar-refractivity contribution is 0.549. The van der Waals surface area contributed by atoms with E-state index in [0.29, 0.717) is 5.38 Å². The highest BCUT2D eigenvalue weighted by atomic mass is 35.5. The third-order valence-corrected chi connectivity index (χ3v) is 4.26. The molecule has 0 nitrogen and oxygen atoms in total. The van der Waals surface area contributed by atoms with Gasteiger partial charge >= 0.3 is 0 Å². The molecule has 0 saturated heterocycles. The van der Waals surface area contributed by atoms with Crippen LogP contribution in [0.1, 0.15) is 24.8 Å². The fourth-order valence-electron chi connectivity index (χ4n) is 2.98. The van der Waals surface area contributed by atoms with Crippen LogP contribution in [0.15, 0.2) is 42.5 Å². The molecule has 1 aliphatic rings. The van der Waals surface area contributed by atoms with Crippen LogP contribution in [0.3, 0.4) is 0 Å². The van der Waals surface area contributed by atoms with Gasteiger partial charge < -0.3 is 0 Å². The first-order valence-electron chi connectivity index (χ1n) is 6.43. The number of benzene rings is 2. The maximum atomic E-state index is 6.19. The van der Waals surface area contributed by atoms with Crippen LogP contribution in [-0.4, -0.2) is 5.38 Å². The van der Waals surface area contributed by atoms with Gasteiger partial charge in [-0.1, -0.05) is 42.5 Å². The highest BCUT2D eigenvalue weighted by molar-refractivity contribution is 6.20. The number of rotatable bonds is 2. The van der Waals surface area contributed by atoms with Crippen LogP contribution >= 0.6 is 11.6 Å². The van der Waals surface area contributed by atoms with Crippen molar-refractivity contribution in [3.05, 3.63) is 48.0 Å². The standard InChI is InChI=1S/C16H17Cl/c17-15-9-8-12(11-15)10-14-6-3-5-13-4-1-2-7-16(13)14/h1-7,12,15H,8-11H2. The minimum atomic E-state index is 0.412. The average Bonchev–Trinajstić information content (AvgIpc) is 2.75. The number of hydrogen-bond acceptors (Lipinski definition) is 0. The van der Waals surface area contributed by atoms with E-state index in [1.54, 1.807) is 0 Å². The summed E-state index contributed by atoms with van der Waals surface area (Å²) in [5.74, 6) is 0.781. The van der Waals surface area contributed by atoms with Crippen molar-refractivity contribution in [1.29, 1.82) is 0 Å². The monoisotopic (exact) mass is 244 g/mol. The molecule has 1 saturated carbocycles. The van der Waals surface area contributed by atoms with Gasteiger partial charge in [0.25, 0.3) is 0 Å². The van der Waals surface area contributed by atoms with E-state index in [4.69, 9.17) is 11.6 Å². The molecule has 0 radical (unpaired) electrons. The summed E-state index contributed by atoms with van der Waals surface area (Å²) in [6.07, 6.45) is 4.85. The molecule has 2 aromatic rings. The predicted molar refractivity (Wildman–Crippen MR) is 74.6 cm³/mol. The van der Waals surface area contributed by atoms with Gasteiger partial charge in [-0.15, -0.1) is 11.6 Å². The van der Waals surface area contributed by atoms with E-state index in [-0.39, 0.29) is 0 Å². The molecule has 0 heterocycles. The Morgan fingerprint density at radius 1 is 1.00 bits per heavy atom. The van der Waals surface area contributed by atoms with Crippen molar-refractivity contribution in [3.63, 3.8) is 0 Å². The molecule has 17 heavy (non-hydrogen) atoms. The van der Waals surface area contributed by atoms with Gasteiger partial charge in [-0.2, -0.15) is 0 Å². The van der Waals surface area contributed by atoms with Gasteiger partial charge in [-0.25, -0.2) is 0 Å². The Balaban J connectivity index is 1.90. The summed E-state index contributed by atoms with van der Waals surface area (Å²) in [6, 6.07) is 15.3. The van der Waals surface area contributed by atoms with Crippen molar-refractivity contribution in [2.24, 2.45) is 5.92 Å². The van der Waals surface area contributed by atoms with Crippen molar-refractivity contribution >= 4 is 22.4 Å². The Labute approximate surface area is 108 Å². The normalized spacial score (nSPS) is 24.3. The molecule has 1 fully saturated rings. The molecule has 3 rings (SSSR count). The topological polar surface area (TPSA) is 0 Å². The summed E-state index contributed by atoms with van der Waals surface area (Å²) in [6.45, 7) is 0. The second-order valence-corrected chi connectivity index (χ2v) is 5.74. The van der Waals surface area contributed by atoms with Crippen molar-refractivity contribution in [2.45, 2.75) is 31.1 Å². The highest BCUT2D eigenvalue weighted by Gasteiger charge is 2.23. The molecule has 1 aliphatic carbocycles. The zero-order valence-electron chi connectivity index (χ0n) is 9.90. The van der Waals surface area contributed by atoms with Gasteiger partial charge in [0.15, 0.2) is 0 Å². The Morgan fingerprint density at radius 3 is 2.65 bits per heavy atom. The van der Waals surface area contributed by atoms with Crippen molar-refractivity contribution in [1.82, 2.24) is 0 Å². The van der Waals surface area contributed by atoms with E-state index < -0.39 is 0 Å². The molecule has 88 valence electrons. The molecule has 0 amide bonds. The van der Waals surface area contributed by atoms with Crippen molar-refractivity contribution in [3.8, 4) is 0 Å². The second kappa shape index (κ2) is 4.70. The van der Waals surface area contributed by atoms with Crippen LogP contribution in [-0.2, 0) is 6.42 Å². The Morgan fingerprint density at radius 2 is 1.82 bits per heavy atom. The lowest BCUT2D eigenvalue weighted by atomic mass is 9.94. The molecule has 2 atom stereocenters. The molecule has 0 aliphatic heterocycles. The van der Waals surface area contributed by atoms with Crippen molar-refractivity contribution in [2.75, 3.05) is 0 Å². The third kappa shape index (κ3) is 2.32. The van der Waals surface area contributed by atoms with Crippen molar-refractivity contribution < 1.29 is 0 Å². The van der Waals surface area contributed by atoms with Gasteiger partial charge in [-0.05, 0) is 47.9 Å². The molecular formula is C16H17Cl. The van der Waals surface area contributed by atoms with Gasteiger partial charge in [-0.3, -0.25) is 0 Å². The Hall–Kier alpha value is -1.01. The summed E-state index contributed by atoms with van der Waals surface area (Å²) in [5, 5.41) is 3.17. The zero-order valence-corrected chi connectivity index (χ0v) is 10.7. The quantitative estimate of drug-likeness (QED) is 0.667. The molecule has 0 spiro atoms. The molecule has 2 aromatic carbocycles. The fourth-order valence-corrected chi connectivity index (χ4v) is 3.36. The summed E-state index contributed by atoms with van der Waals surface area (Å²) < 4.78 is 0. The maximum absolute atomic E-state index is 6.19. The largest absolute Gasteiger partial charge is 0.123 e. The SMILES string of the molecule is ClC1CCC(Cc2cccc3ccccc23)C1. The summed E-state index contributed by atoms with van der Waals surface area (Å²) in [4.78, 5) is 0. The first-order chi connectivity index (χ1) is 8.33. The summed E-state index contributed by atoms with van der Waals surface area (Å²) in [7, 11) is 0. The van der Waals surface area contributed by atoms with Gasteiger partial charge in [0.05, 0.1) is 0 Å². The van der Waals surface area contributed by atoms with Crippen LogP contribution in [0.25, 0.3) is 10.8 Å². The fraction of sp³-hybridized carbons (Fsp3) is 0.375. The molecule has 1 heteroatoms. The maximum Gasteiger partial charge on any atom is 0.0338 e. The van der Waals surface area contributed by atoms with Gasteiger partial charge in [0.2, 0.25) is 0 Å². The number of halogens is 1. The van der Waals surface area contributed by atoms with E-state index in [9.17, 15) is 0 Å². The first kappa shape index (κ1) is 11.1. The van der Waals surface area contributed by atoms with Crippen LogP contribution in [0.4, 0.5) is 0 Å². The summed E-state index contributed by atoms with van der Waals surface area (Å²) >= 11 is 6.19. The predicted octanol–water partition coefficient (Wildman–Crippen LogP) is 4.79. The van der Waals surface area contributed by atoms with Gasteiger partial charge in [0.1, 0.15) is 0 Å². The van der Waals surface area contributed by atoms with E-state index in [1.165, 1.54) is 42.0 Å². The van der Waals surface area contributed by atoms with E-state index in [2.05, 4.69) is 42.5 Å². The average molecular weight is 245 g/mol. The molecule has 0 bridgehead atoms. The lowest BCUT2D eigenvalue weighted by Crippen LogP contribution is -2.01. The second-order valence-electron chi connectivity index (χ2n) is 5.12. The minimum Gasteiger partial charge on any atom is -0.123 e. The Kier molecular flexibility index (Phi) is 3.07. The van der Waals surface area contributed by atoms with E-state index in [0.717, 1.165) is 5.92 Å².